The molecule has 4 heteroatoms. The summed E-state index contributed by atoms with van der Waals surface area (Å²) in [4.78, 5) is 0. The second-order valence-electron chi connectivity index (χ2n) is 9.02. The molecule has 29 heavy (non-hydrogen) atoms. The Kier molecular flexibility index (Phi) is 10.4. The maximum atomic E-state index is 6.88. The van der Waals surface area contributed by atoms with E-state index in [4.69, 9.17) is 10.2 Å². The Bertz CT molecular complexity index is 686. The normalized spacial score (nSPS) is 13.5. The van der Waals surface area contributed by atoms with Crippen LogP contribution in [0.3, 0.4) is 0 Å². The summed E-state index contributed by atoms with van der Waals surface area (Å²) in [5.74, 6) is 0.619. The standard InChI is InChI=1S/C25H37NOSi.ClH/c1-21(2)20-22(26)14-12-13-19-27-28(25(3,4)5,23-15-8-6-9-16-23)24-17-10-7-11-18-24;/h6-12,14-18,21-22H,13,19-20,26H2,1-5H3;1H/b14-12+;. The molecule has 1 atom stereocenters. The monoisotopic (exact) mass is 431 g/mol. The topological polar surface area (TPSA) is 35.2 Å². The molecule has 0 saturated carbocycles. The van der Waals surface area contributed by atoms with E-state index >= 15 is 0 Å². The van der Waals surface area contributed by atoms with E-state index in [1.165, 1.54) is 10.4 Å². The molecule has 0 aliphatic carbocycles. The molecule has 0 saturated heterocycles. The zero-order valence-electron chi connectivity index (χ0n) is 18.6. The lowest BCUT2D eigenvalue weighted by Gasteiger charge is -2.43. The van der Waals surface area contributed by atoms with E-state index < -0.39 is 8.32 Å². The summed E-state index contributed by atoms with van der Waals surface area (Å²) in [5.41, 5.74) is 6.18. The van der Waals surface area contributed by atoms with Crippen molar-refractivity contribution in [3.8, 4) is 0 Å². The molecular weight excluding hydrogens is 394 g/mol. The van der Waals surface area contributed by atoms with Gasteiger partial charge in [0.1, 0.15) is 0 Å². The van der Waals surface area contributed by atoms with E-state index in [1.54, 1.807) is 0 Å². The fraction of sp³-hybridized carbons (Fsp3) is 0.440. The Morgan fingerprint density at radius 1 is 0.931 bits per heavy atom. The van der Waals surface area contributed by atoms with Crippen LogP contribution in [0, 0.1) is 5.92 Å². The van der Waals surface area contributed by atoms with Crippen LogP contribution in [0.15, 0.2) is 72.8 Å². The molecule has 2 aromatic rings. The van der Waals surface area contributed by atoms with E-state index in [9.17, 15) is 0 Å². The van der Waals surface area contributed by atoms with Gasteiger partial charge in [-0.2, -0.15) is 0 Å². The maximum absolute atomic E-state index is 6.88. The van der Waals surface area contributed by atoms with Crippen LogP contribution in [0.1, 0.15) is 47.5 Å². The Hall–Kier alpha value is -1.39. The molecule has 0 aliphatic rings. The first-order chi connectivity index (χ1) is 13.3. The summed E-state index contributed by atoms with van der Waals surface area (Å²) in [5, 5.41) is 2.68. The van der Waals surface area contributed by atoms with Crippen molar-refractivity contribution in [2.75, 3.05) is 6.61 Å². The second kappa shape index (κ2) is 11.7. The predicted molar refractivity (Wildman–Crippen MR) is 132 cm³/mol. The van der Waals surface area contributed by atoms with Crippen molar-refractivity contribution in [3.63, 3.8) is 0 Å². The van der Waals surface area contributed by atoms with Gasteiger partial charge in [0, 0.05) is 12.6 Å². The second-order valence-corrected chi connectivity index (χ2v) is 13.3. The SMILES string of the molecule is CC(C)CC(N)/C=C/CCO[Si](c1ccccc1)(c1ccccc1)C(C)(C)C.Cl. The van der Waals surface area contributed by atoms with Crippen LogP contribution in [0.25, 0.3) is 0 Å². The summed E-state index contributed by atoms with van der Waals surface area (Å²) in [6.45, 7) is 12.1. The van der Waals surface area contributed by atoms with Crippen LogP contribution in [-0.4, -0.2) is 21.0 Å². The highest BCUT2D eigenvalue weighted by Crippen LogP contribution is 2.36. The van der Waals surface area contributed by atoms with E-state index in [1.807, 2.05) is 0 Å². The minimum Gasteiger partial charge on any atom is -0.407 e. The Morgan fingerprint density at radius 3 is 1.83 bits per heavy atom. The fourth-order valence-corrected chi connectivity index (χ4v) is 8.52. The molecule has 0 spiro atoms. The molecule has 160 valence electrons. The van der Waals surface area contributed by atoms with Crippen LogP contribution in [0.4, 0.5) is 0 Å². The number of rotatable bonds is 9. The van der Waals surface area contributed by atoms with Crippen molar-refractivity contribution >= 4 is 31.1 Å². The van der Waals surface area contributed by atoms with Crippen molar-refractivity contribution in [2.45, 2.75) is 58.5 Å². The number of hydrogen-bond donors (Lipinski definition) is 1. The van der Waals surface area contributed by atoms with Crippen molar-refractivity contribution < 1.29 is 4.43 Å². The van der Waals surface area contributed by atoms with Crippen LogP contribution in [0.2, 0.25) is 5.04 Å². The van der Waals surface area contributed by atoms with Crippen LogP contribution >= 0.6 is 12.4 Å². The molecule has 0 amide bonds. The van der Waals surface area contributed by atoms with Crippen molar-refractivity contribution in [3.05, 3.63) is 72.8 Å². The molecule has 2 nitrogen and oxygen atoms in total. The van der Waals surface area contributed by atoms with E-state index in [-0.39, 0.29) is 23.5 Å². The highest BCUT2D eigenvalue weighted by atomic mass is 35.5. The third kappa shape index (κ3) is 6.82. The minimum absolute atomic E-state index is 0. The molecule has 0 bridgehead atoms. The van der Waals surface area contributed by atoms with Gasteiger partial charge in [-0.3, -0.25) is 0 Å². The molecule has 0 radical (unpaired) electrons. The third-order valence-electron chi connectivity index (χ3n) is 5.15. The summed E-state index contributed by atoms with van der Waals surface area (Å²) in [6.07, 6.45) is 6.22. The van der Waals surface area contributed by atoms with Gasteiger partial charge in [0.25, 0.3) is 8.32 Å². The zero-order chi connectivity index (χ0) is 20.6. The van der Waals surface area contributed by atoms with Crippen LogP contribution < -0.4 is 16.1 Å². The molecule has 2 aromatic carbocycles. The van der Waals surface area contributed by atoms with E-state index in [2.05, 4.69) is 107 Å². The molecule has 0 aliphatic heterocycles. The number of halogens is 1. The number of nitrogens with two attached hydrogens (primary N) is 1. The van der Waals surface area contributed by atoms with Crippen molar-refractivity contribution in [1.82, 2.24) is 0 Å². The van der Waals surface area contributed by atoms with Gasteiger partial charge >= 0.3 is 0 Å². The third-order valence-corrected chi connectivity index (χ3v) is 10.2. The Morgan fingerprint density at radius 2 is 1.41 bits per heavy atom. The molecule has 2 rings (SSSR count). The quantitative estimate of drug-likeness (QED) is 0.332. The Labute approximate surface area is 185 Å². The molecule has 0 aromatic heterocycles. The lowest BCUT2D eigenvalue weighted by Crippen LogP contribution is -2.66. The average molecular weight is 432 g/mol. The fourth-order valence-electron chi connectivity index (χ4n) is 3.94. The summed E-state index contributed by atoms with van der Waals surface area (Å²) < 4.78 is 6.88. The molecular formula is C25H38ClNOSi. The smallest absolute Gasteiger partial charge is 0.261 e. The first-order valence-corrected chi connectivity index (χ1v) is 12.4. The van der Waals surface area contributed by atoms with Gasteiger partial charge in [-0.05, 0) is 34.2 Å². The first-order valence-electron chi connectivity index (χ1n) is 10.4. The van der Waals surface area contributed by atoms with Gasteiger partial charge in [0.15, 0.2) is 0 Å². The van der Waals surface area contributed by atoms with Crippen LogP contribution in [-0.2, 0) is 4.43 Å². The largest absolute Gasteiger partial charge is 0.407 e. The van der Waals surface area contributed by atoms with Gasteiger partial charge < -0.3 is 10.2 Å². The van der Waals surface area contributed by atoms with E-state index in [0.717, 1.165) is 12.8 Å². The molecule has 0 heterocycles. The highest BCUT2D eigenvalue weighted by molar-refractivity contribution is 6.99. The summed E-state index contributed by atoms with van der Waals surface area (Å²) in [7, 11) is -2.42. The van der Waals surface area contributed by atoms with Crippen molar-refractivity contribution in [1.29, 1.82) is 0 Å². The minimum atomic E-state index is -2.42. The number of hydrogen-bond acceptors (Lipinski definition) is 2. The molecule has 0 fully saturated rings. The van der Waals surface area contributed by atoms with Gasteiger partial charge in [0.05, 0.1) is 0 Å². The summed E-state index contributed by atoms with van der Waals surface area (Å²) in [6, 6.07) is 21.7. The first kappa shape index (κ1) is 25.6. The van der Waals surface area contributed by atoms with Gasteiger partial charge in [-0.25, -0.2) is 0 Å². The predicted octanol–water partition coefficient (Wildman–Crippen LogP) is 5.30. The lowest BCUT2D eigenvalue weighted by molar-refractivity contribution is 0.304. The van der Waals surface area contributed by atoms with E-state index in [0.29, 0.717) is 12.5 Å². The van der Waals surface area contributed by atoms with Gasteiger partial charge in [0.2, 0.25) is 0 Å². The number of benzene rings is 2. The Balaban J connectivity index is 0.00000420. The van der Waals surface area contributed by atoms with Crippen LogP contribution in [0.5, 0.6) is 0 Å². The molecule has 2 N–H and O–H groups in total. The molecule has 1 unspecified atom stereocenters. The van der Waals surface area contributed by atoms with Crippen molar-refractivity contribution in [2.24, 2.45) is 11.7 Å². The van der Waals surface area contributed by atoms with Gasteiger partial charge in [-0.15, -0.1) is 12.4 Å². The lowest BCUT2D eigenvalue weighted by atomic mass is 10.0. The maximum Gasteiger partial charge on any atom is 0.261 e. The highest BCUT2D eigenvalue weighted by Gasteiger charge is 2.49. The zero-order valence-corrected chi connectivity index (χ0v) is 20.4. The average Bonchev–Trinajstić information content (AvgIpc) is 2.64. The van der Waals surface area contributed by atoms with Gasteiger partial charge in [-0.1, -0.05) is 107 Å². The summed E-state index contributed by atoms with van der Waals surface area (Å²) >= 11 is 0.